The maximum absolute atomic E-state index is 9.91. The Kier molecular flexibility index (Phi) is 6.70. The van der Waals surface area contributed by atoms with E-state index in [4.69, 9.17) is 9.72 Å². The van der Waals surface area contributed by atoms with Gasteiger partial charge in [0.05, 0.1) is 24.8 Å². The van der Waals surface area contributed by atoms with Crippen molar-refractivity contribution in [3.05, 3.63) is 42.0 Å². The summed E-state index contributed by atoms with van der Waals surface area (Å²) < 4.78 is 5.44. The van der Waals surface area contributed by atoms with Gasteiger partial charge in [-0.3, -0.25) is 0 Å². The number of fused-ring (bicyclic) bond motifs is 2. The largest absolute Gasteiger partial charge is 0.508 e. The first-order valence-electron chi connectivity index (χ1n) is 10.0. The first-order chi connectivity index (χ1) is 13.6. The van der Waals surface area contributed by atoms with Crippen molar-refractivity contribution in [2.45, 2.75) is 32.6 Å². The highest BCUT2D eigenvalue weighted by atomic mass is 16.5. The van der Waals surface area contributed by atoms with Crippen LogP contribution >= 0.6 is 0 Å². The number of phenolic OH excluding ortho intramolecular Hbond substituents is 1. The Labute approximate surface area is 166 Å². The molecular weight excluding hydrogens is 352 g/mol. The number of hydrogen-bond acceptors (Lipinski definition) is 5. The Morgan fingerprint density at radius 1 is 1.07 bits per heavy atom. The molecule has 0 aliphatic carbocycles. The molecule has 1 unspecified atom stereocenters. The van der Waals surface area contributed by atoms with E-state index >= 15 is 0 Å². The molecule has 0 aliphatic rings. The van der Waals surface area contributed by atoms with Gasteiger partial charge in [0.2, 0.25) is 0 Å². The highest BCUT2D eigenvalue weighted by molar-refractivity contribution is 5.99. The lowest BCUT2D eigenvalue weighted by Gasteiger charge is -2.22. The average molecular weight is 383 g/mol. The van der Waals surface area contributed by atoms with Crippen LogP contribution in [0, 0.1) is 0 Å². The summed E-state index contributed by atoms with van der Waals surface area (Å²) in [7, 11) is 1.68. The monoisotopic (exact) mass is 382 g/mol. The number of ether oxygens (including phenoxy) is 1. The van der Waals surface area contributed by atoms with Crippen molar-refractivity contribution in [3.63, 3.8) is 0 Å². The Hall–Kier alpha value is -2.37. The van der Waals surface area contributed by atoms with Gasteiger partial charge in [-0.05, 0) is 67.7 Å². The number of aromatic nitrogens is 1. The number of pyridine rings is 1. The topological polar surface area (TPSA) is 65.8 Å². The fraction of sp³-hybridized carbons (Fsp3) is 0.435. The van der Waals surface area contributed by atoms with Gasteiger partial charge in [-0.25, -0.2) is 4.98 Å². The third kappa shape index (κ3) is 4.37. The summed E-state index contributed by atoms with van der Waals surface area (Å²) in [5.74, 6) is 1.38. The van der Waals surface area contributed by atoms with Crippen LogP contribution < -0.4 is 4.74 Å². The predicted molar refractivity (Wildman–Crippen MR) is 114 cm³/mol. The average Bonchev–Trinajstić information content (AvgIpc) is 2.70. The molecule has 0 radical (unpaired) electrons. The molecule has 28 heavy (non-hydrogen) atoms. The van der Waals surface area contributed by atoms with Gasteiger partial charge in [0.1, 0.15) is 11.5 Å². The van der Waals surface area contributed by atoms with Crippen LogP contribution in [0.1, 0.15) is 38.2 Å². The number of methoxy groups -OCH3 is 1. The molecule has 0 fully saturated rings. The van der Waals surface area contributed by atoms with Crippen LogP contribution in [0.3, 0.4) is 0 Å². The maximum Gasteiger partial charge on any atom is 0.119 e. The van der Waals surface area contributed by atoms with Gasteiger partial charge in [0.15, 0.2) is 0 Å². The third-order valence-electron chi connectivity index (χ3n) is 5.47. The SMILES string of the molecule is CCN(CCO)CCCC(C)c1c2ccc(O)cc2nc2ccc(OC)cc12. The highest BCUT2D eigenvalue weighted by Crippen LogP contribution is 2.36. The zero-order valence-corrected chi connectivity index (χ0v) is 17.0. The van der Waals surface area contributed by atoms with E-state index in [1.165, 1.54) is 5.56 Å². The molecule has 2 N–H and O–H groups in total. The third-order valence-corrected chi connectivity index (χ3v) is 5.47. The van der Waals surface area contributed by atoms with Gasteiger partial charge in [-0.1, -0.05) is 13.8 Å². The zero-order chi connectivity index (χ0) is 20.1. The van der Waals surface area contributed by atoms with Crippen molar-refractivity contribution < 1.29 is 14.9 Å². The fourth-order valence-electron chi connectivity index (χ4n) is 3.94. The number of nitrogens with zero attached hydrogens (tertiary/aromatic N) is 2. The van der Waals surface area contributed by atoms with Gasteiger partial charge in [-0.15, -0.1) is 0 Å². The van der Waals surface area contributed by atoms with Gasteiger partial charge >= 0.3 is 0 Å². The van der Waals surface area contributed by atoms with E-state index in [9.17, 15) is 10.2 Å². The molecule has 3 aromatic rings. The Balaban J connectivity index is 1.98. The summed E-state index contributed by atoms with van der Waals surface area (Å²) in [5, 5.41) is 21.3. The number of aromatic hydroxyl groups is 1. The molecular formula is C23H30N2O3. The number of phenols is 1. The van der Waals surface area contributed by atoms with Crippen molar-refractivity contribution in [3.8, 4) is 11.5 Å². The van der Waals surface area contributed by atoms with Crippen molar-refractivity contribution in [1.82, 2.24) is 9.88 Å². The van der Waals surface area contributed by atoms with Crippen molar-refractivity contribution in [2.75, 3.05) is 33.4 Å². The molecule has 5 nitrogen and oxygen atoms in total. The lowest BCUT2D eigenvalue weighted by Crippen LogP contribution is -2.27. The van der Waals surface area contributed by atoms with E-state index in [1.54, 1.807) is 19.2 Å². The standard InChI is InChI=1S/C23H30N2O3/c1-4-25(12-13-26)11-5-6-16(2)23-19-9-7-17(27)14-22(19)24-21-10-8-18(28-3)15-20(21)23/h7-10,14-16,26-27H,4-6,11-13H2,1-3H3. The van der Waals surface area contributed by atoms with Crippen LogP contribution in [0.15, 0.2) is 36.4 Å². The Morgan fingerprint density at radius 2 is 1.89 bits per heavy atom. The van der Waals surface area contributed by atoms with Crippen LogP contribution in [-0.4, -0.2) is 53.4 Å². The molecule has 2 aromatic carbocycles. The summed E-state index contributed by atoms with van der Waals surface area (Å²) in [5.41, 5.74) is 2.98. The first kappa shape index (κ1) is 20.4. The molecule has 0 saturated heterocycles. The van der Waals surface area contributed by atoms with E-state index in [0.717, 1.165) is 60.0 Å². The minimum Gasteiger partial charge on any atom is -0.508 e. The second kappa shape index (κ2) is 9.22. The number of rotatable bonds is 9. The maximum atomic E-state index is 9.91. The van der Waals surface area contributed by atoms with Crippen molar-refractivity contribution in [1.29, 1.82) is 0 Å². The molecule has 0 aliphatic heterocycles. The van der Waals surface area contributed by atoms with E-state index < -0.39 is 0 Å². The first-order valence-corrected chi connectivity index (χ1v) is 10.0. The quantitative estimate of drug-likeness (QED) is 0.540. The predicted octanol–water partition coefficient (Wildman–Crippen LogP) is 4.30. The Bertz CT molecular complexity index is 942. The number of aliphatic hydroxyl groups excluding tert-OH is 1. The molecule has 150 valence electrons. The summed E-state index contributed by atoms with van der Waals surface area (Å²) in [4.78, 5) is 7.03. The van der Waals surface area contributed by atoms with E-state index in [-0.39, 0.29) is 12.4 Å². The summed E-state index contributed by atoms with van der Waals surface area (Å²) in [6.45, 7) is 7.23. The summed E-state index contributed by atoms with van der Waals surface area (Å²) >= 11 is 0. The zero-order valence-electron chi connectivity index (χ0n) is 17.0. The molecule has 3 rings (SSSR count). The molecule has 1 aromatic heterocycles. The molecule has 0 bridgehead atoms. The minimum atomic E-state index is 0.201. The molecule has 5 heteroatoms. The van der Waals surface area contributed by atoms with Gasteiger partial charge < -0.3 is 19.8 Å². The highest BCUT2D eigenvalue weighted by Gasteiger charge is 2.17. The molecule has 0 amide bonds. The van der Waals surface area contributed by atoms with Crippen LogP contribution in [0.5, 0.6) is 11.5 Å². The molecule has 1 atom stereocenters. The van der Waals surface area contributed by atoms with Gasteiger partial charge in [0.25, 0.3) is 0 Å². The molecule has 0 spiro atoms. The van der Waals surface area contributed by atoms with Crippen LogP contribution in [0.25, 0.3) is 21.8 Å². The Morgan fingerprint density at radius 3 is 2.61 bits per heavy atom. The lowest BCUT2D eigenvalue weighted by atomic mass is 9.89. The lowest BCUT2D eigenvalue weighted by molar-refractivity contribution is 0.199. The number of benzene rings is 2. The van der Waals surface area contributed by atoms with Crippen LogP contribution in [0.2, 0.25) is 0 Å². The second-order valence-corrected chi connectivity index (χ2v) is 7.31. The van der Waals surface area contributed by atoms with E-state index in [1.807, 2.05) is 18.2 Å². The normalized spacial score (nSPS) is 12.8. The number of likely N-dealkylation sites (N-methyl/N-ethyl adjacent to an activating group) is 1. The number of aliphatic hydroxyl groups is 1. The second-order valence-electron chi connectivity index (χ2n) is 7.31. The minimum absolute atomic E-state index is 0.201. The number of hydrogen-bond donors (Lipinski definition) is 2. The molecule has 0 saturated carbocycles. The smallest absolute Gasteiger partial charge is 0.119 e. The summed E-state index contributed by atoms with van der Waals surface area (Å²) in [6, 6.07) is 11.4. The van der Waals surface area contributed by atoms with E-state index in [2.05, 4.69) is 24.8 Å². The van der Waals surface area contributed by atoms with E-state index in [0.29, 0.717) is 5.92 Å². The summed E-state index contributed by atoms with van der Waals surface area (Å²) in [6.07, 6.45) is 2.09. The molecule has 1 heterocycles. The van der Waals surface area contributed by atoms with Crippen molar-refractivity contribution in [2.24, 2.45) is 0 Å². The van der Waals surface area contributed by atoms with Crippen molar-refractivity contribution >= 4 is 21.8 Å². The fourth-order valence-corrected chi connectivity index (χ4v) is 3.94. The van der Waals surface area contributed by atoms with Gasteiger partial charge in [0, 0.05) is 23.4 Å². The van der Waals surface area contributed by atoms with Crippen LogP contribution in [0.4, 0.5) is 0 Å². The van der Waals surface area contributed by atoms with Gasteiger partial charge in [-0.2, -0.15) is 0 Å². The van der Waals surface area contributed by atoms with Crippen LogP contribution in [-0.2, 0) is 0 Å².